The number of thiophene rings is 1. The van der Waals surface area contributed by atoms with Crippen LogP contribution in [0.5, 0.6) is 0 Å². The van der Waals surface area contributed by atoms with Crippen LogP contribution in [0.3, 0.4) is 0 Å². The van der Waals surface area contributed by atoms with Gasteiger partial charge in [0, 0.05) is 11.5 Å². The average molecular weight is 415 g/mol. The van der Waals surface area contributed by atoms with Gasteiger partial charge in [-0.1, -0.05) is 44.2 Å². The molecule has 0 aliphatic rings. The molecule has 0 unspecified atom stereocenters. The van der Waals surface area contributed by atoms with Gasteiger partial charge < -0.3 is 15.0 Å². The van der Waals surface area contributed by atoms with E-state index >= 15 is 0 Å². The lowest BCUT2D eigenvalue weighted by Crippen LogP contribution is -2.87. The average Bonchev–Trinajstić information content (AvgIpc) is 3.03. The number of aryl methyl sites for hydroxylation is 1. The van der Waals surface area contributed by atoms with Crippen molar-refractivity contribution in [2.75, 3.05) is 6.61 Å². The number of nitrogens with two attached hydrogens (primary N) is 1. The van der Waals surface area contributed by atoms with E-state index in [0.29, 0.717) is 39.0 Å². The number of quaternary nitrogens is 1. The van der Waals surface area contributed by atoms with Crippen molar-refractivity contribution < 1.29 is 14.8 Å². The summed E-state index contributed by atoms with van der Waals surface area (Å²) in [7, 11) is 0. The summed E-state index contributed by atoms with van der Waals surface area (Å²) in [5.74, 6) is 0.618. The second-order valence-corrected chi connectivity index (χ2v) is 8.57. The van der Waals surface area contributed by atoms with Gasteiger partial charge in [0.25, 0.3) is 5.56 Å². The van der Waals surface area contributed by atoms with Crippen LogP contribution in [0.15, 0.2) is 35.1 Å². The molecule has 7 heteroatoms. The Hall–Kier alpha value is -2.51. The van der Waals surface area contributed by atoms with Gasteiger partial charge in [-0.05, 0) is 26.3 Å². The maximum Gasteiger partial charge on any atom is 0.348 e. The van der Waals surface area contributed by atoms with Gasteiger partial charge in [0.05, 0.1) is 12.0 Å². The number of benzene rings is 1. The fourth-order valence-corrected chi connectivity index (χ4v) is 4.65. The van der Waals surface area contributed by atoms with Gasteiger partial charge >= 0.3 is 5.97 Å². The van der Waals surface area contributed by atoms with Crippen LogP contribution in [0.25, 0.3) is 10.2 Å². The first-order valence-electron chi connectivity index (χ1n) is 9.93. The van der Waals surface area contributed by atoms with Crippen LogP contribution in [-0.4, -0.2) is 22.5 Å². The summed E-state index contributed by atoms with van der Waals surface area (Å²) in [5, 5.41) is 2.70. The minimum absolute atomic E-state index is 0.0480. The molecule has 2 atom stereocenters. The molecule has 3 rings (SSSR count). The molecule has 2 aromatic heterocycles. The van der Waals surface area contributed by atoms with Crippen molar-refractivity contribution in [3.8, 4) is 0 Å². The number of nitrogens with one attached hydrogen (secondary N) is 1. The van der Waals surface area contributed by atoms with Crippen LogP contribution in [0.1, 0.15) is 66.4 Å². The Balaban J connectivity index is 1.95. The Labute approximate surface area is 174 Å². The van der Waals surface area contributed by atoms with E-state index in [2.05, 4.69) is 41.3 Å². The predicted octanol–water partition coefficient (Wildman–Crippen LogP) is 3.49. The van der Waals surface area contributed by atoms with E-state index in [9.17, 15) is 9.59 Å². The molecule has 3 N–H and O–H groups in total. The number of fused-ring (bicyclic) bond motifs is 1. The van der Waals surface area contributed by atoms with Crippen LogP contribution >= 0.6 is 11.3 Å². The van der Waals surface area contributed by atoms with E-state index in [0.717, 1.165) is 0 Å². The number of aromatic amines is 1. The van der Waals surface area contributed by atoms with Crippen LogP contribution < -0.4 is 10.9 Å². The molecule has 3 aromatic rings. The van der Waals surface area contributed by atoms with Crippen LogP contribution in [-0.2, 0) is 4.74 Å². The number of hydrogen-bond donors (Lipinski definition) is 2. The number of esters is 1. The SMILES string of the molecule is CCOC(=O)c1sc2nc([C@H](C)[NH2+][C@@H](c3ccccc3)C(C)C)[nH]c(=O)c2c1C. The quantitative estimate of drug-likeness (QED) is 0.579. The fourth-order valence-electron chi connectivity index (χ4n) is 3.56. The Kier molecular flexibility index (Phi) is 6.49. The summed E-state index contributed by atoms with van der Waals surface area (Å²) in [4.78, 5) is 33.6. The molecule has 0 fully saturated rings. The molecule has 6 nitrogen and oxygen atoms in total. The molecule has 29 heavy (non-hydrogen) atoms. The Morgan fingerprint density at radius 2 is 1.93 bits per heavy atom. The number of H-pyrrole nitrogens is 1. The molecular formula is C22H28N3O3S+. The van der Waals surface area contributed by atoms with Crippen LogP contribution in [0.2, 0.25) is 0 Å². The standard InChI is InChI=1S/C22H27N3O3S/c1-6-28-22(27)18-13(4)16-20(26)24-19(25-21(16)29-18)14(5)23-17(12(2)3)15-10-8-7-9-11-15/h7-12,14,17,23H,6H2,1-5H3,(H,24,25,26)/p+1/t14-,17+/m0/s1. The highest BCUT2D eigenvalue weighted by Gasteiger charge is 2.26. The van der Waals surface area contributed by atoms with Crippen molar-refractivity contribution in [1.82, 2.24) is 9.97 Å². The normalized spacial score (nSPS) is 13.6. The van der Waals surface area contributed by atoms with Gasteiger partial charge in [-0.15, -0.1) is 11.3 Å². The number of nitrogens with zero attached hydrogens (tertiary/aromatic N) is 1. The lowest BCUT2D eigenvalue weighted by atomic mass is 9.95. The maximum atomic E-state index is 12.8. The lowest BCUT2D eigenvalue weighted by Gasteiger charge is -2.23. The zero-order valence-electron chi connectivity index (χ0n) is 17.5. The van der Waals surface area contributed by atoms with E-state index in [1.54, 1.807) is 13.8 Å². The van der Waals surface area contributed by atoms with Crippen molar-refractivity contribution in [2.45, 2.75) is 46.7 Å². The highest BCUT2D eigenvalue weighted by molar-refractivity contribution is 7.20. The highest BCUT2D eigenvalue weighted by atomic mass is 32.1. The summed E-state index contributed by atoms with van der Waals surface area (Å²) in [6, 6.07) is 10.5. The van der Waals surface area contributed by atoms with Gasteiger partial charge in [0.1, 0.15) is 21.8 Å². The number of rotatable bonds is 7. The smallest absolute Gasteiger partial charge is 0.348 e. The molecule has 0 bridgehead atoms. The molecule has 2 heterocycles. The van der Waals surface area contributed by atoms with E-state index in [4.69, 9.17) is 4.74 Å². The van der Waals surface area contributed by atoms with E-state index in [-0.39, 0.29) is 17.6 Å². The zero-order chi connectivity index (χ0) is 21.1. The number of hydrogen-bond acceptors (Lipinski definition) is 5. The third kappa shape index (κ3) is 4.41. The molecule has 1 aromatic carbocycles. The third-order valence-electron chi connectivity index (χ3n) is 5.11. The lowest BCUT2D eigenvalue weighted by molar-refractivity contribution is -0.738. The molecular weight excluding hydrogens is 386 g/mol. The number of carbonyl (C=O) groups is 1. The molecule has 0 saturated carbocycles. The first kappa shape index (κ1) is 21.2. The van der Waals surface area contributed by atoms with Crippen molar-refractivity contribution in [2.24, 2.45) is 5.92 Å². The Morgan fingerprint density at radius 1 is 1.24 bits per heavy atom. The second-order valence-electron chi connectivity index (χ2n) is 7.57. The Bertz CT molecular complexity index is 1060. The molecule has 154 valence electrons. The van der Waals surface area contributed by atoms with Crippen LogP contribution in [0, 0.1) is 12.8 Å². The van der Waals surface area contributed by atoms with E-state index in [1.807, 2.05) is 25.1 Å². The first-order chi connectivity index (χ1) is 13.8. The van der Waals surface area contributed by atoms with Crippen molar-refractivity contribution in [3.05, 3.63) is 62.5 Å². The van der Waals surface area contributed by atoms with Crippen LogP contribution in [0.4, 0.5) is 0 Å². The van der Waals surface area contributed by atoms with Gasteiger partial charge in [0.2, 0.25) is 0 Å². The van der Waals surface area contributed by atoms with Gasteiger partial charge in [-0.2, -0.15) is 0 Å². The van der Waals surface area contributed by atoms with Crippen molar-refractivity contribution >= 4 is 27.5 Å². The number of carbonyl (C=O) groups excluding carboxylic acids is 1. The second kappa shape index (κ2) is 8.88. The zero-order valence-corrected chi connectivity index (χ0v) is 18.3. The molecule has 0 saturated heterocycles. The minimum Gasteiger partial charge on any atom is -0.462 e. The summed E-state index contributed by atoms with van der Waals surface area (Å²) < 4.78 is 5.11. The summed E-state index contributed by atoms with van der Waals surface area (Å²) in [6.45, 7) is 10.2. The largest absolute Gasteiger partial charge is 0.462 e. The van der Waals surface area contributed by atoms with Crippen molar-refractivity contribution in [3.63, 3.8) is 0 Å². The summed E-state index contributed by atoms with van der Waals surface area (Å²) >= 11 is 1.22. The molecule has 0 radical (unpaired) electrons. The van der Waals surface area contributed by atoms with Crippen molar-refractivity contribution in [1.29, 1.82) is 0 Å². The third-order valence-corrected chi connectivity index (χ3v) is 6.28. The number of ether oxygens (including phenoxy) is 1. The molecule has 0 amide bonds. The van der Waals surface area contributed by atoms with Gasteiger partial charge in [-0.25, -0.2) is 9.78 Å². The maximum absolute atomic E-state index is 12.8. The highest BCUT2D eigenvalue weighted by Crippen LogP contribution is 2.28. The van der Waals surface area contributed by atoms with E-state index < -0.39 is 5.97 Å². The monoisotopic (exact) mass is 414 g/mol. The minimum atomic E-state index is -0.405. The van der Waals surface area contributed by atoms with E-state index in [1.165, 1.54) is 16.9 Å². The fraction of sp³-hybridized carbons (Fsp3) is 0.409. The number of aromatic nitrogens is 2. The molecule has 0 aliphatic heterocycles. The molecule has 0 aliphatic carbocycles. The summed E-state index contributed by atoms with van der Waals surface area (Å²) in [5.41, 5.74) is 1.66. The van der Waals surface area contributed by atoms with Gasteiger partial charge in [-0.3, -0.25) is 4.79 Å². The molecule has 0 spiro atoms. The topological polar surface area (TPSA) is 88.7 Å². The predicted molar refractivity (Wildman–Crippen MR) is 115 cm³/mol. The first-order valence-corrected chi connectivity index (χ1v) is 10.8. The summed E-state index contributed by atoms with van der Waals surface area (Å²) in [6.07, 6.45) is 0. The Morgan fingerprint density at radius 3 is 2.55 bits per heavy atom. The van der Waals surface area contributed by atoms with Gasteiger partial charge in [0.15, 0.2) is 5.82 Å².